The first-order valence-corrected chi connectivity index (χ1v) is 10.2. The molecule has 0 radical (unpaired) electrons. The van der Waals surface area contributed by atoms with Crippen molar-refractivity contribution in [2.24, 2.45) is 0 Å². The highest BCUT2D eigenvalue weighted by atomic mass is 79.9. The van der Waals surface area contributed by atoms with Crippen LogP contribution in [0.3, 0.4) is 0 Å². The SMILES string of the molecule is CCCCCCCCCC[n+]1ccc(/C=C/C(=O)c2cccc(O)c2)cc1.[Br-]. The number of aromatic hydroxyl groups is 1. The molecule has 2 rings (SSSR count). The van der Waals surface area contributed by atoms with Gasteiger partial charge in [-0.05, 0) is 30.2 Å². The molecular weight excluding hydrogens is 414 g/mol. The summed E-state index contributed by atoms with van der Waals surface area (Å²) in [5, 5.41) is 9.45. The van der Waals surface area contributed by atoms with E-state index in [9.17, 15) is 9.90 Å². The highest BCUT2D eigenvalue weighted by molar-refractivity contribution is 6.06. The van der Waals surface area contributed by atoms with Crippen molar-refractivity contribution in [1.29, 1.82) is 0 Å². The van der Waals surface area contributed by atoms with Crippen molar-refractivity contribution in [3.8, 4) is 5.75 Å². The summed E-state index contributed by atoms with van der Waals surface area (Å²) in [5.74, 6) is -0.00229. The van der Waals surface area contributed by atoms with Gasteiger partial charge >= 0.3 is 0 Å². The van der Waals surface area contributed by atoms with Gasteiger partial charge in [-0.3, -0.25) is 4.79 Å². The largest absolute Gasteiger partial charge is 1.00 e. The Bertz CT molecular complexity index is 726. The number of halogens is 1. The number of phenolic OH excluding ortho intramolecular Hbond substituents is 1. The Kier molecular flexibility index (Phi) is 12.1. The predicted octanol–water partition coefficient (Wildman–Crippen LogP) is 2.72. The number of hydrogen-bond acceptors (Lipinski definition) is 2. The first kappa shape index (κ1) is 24.1. The molecule has 4 heteroatoms. The molecule has 152 valence electrons. The Balaban J connectivity index is 0.00000392. The molecule has 1 aromatic carbocycles. The van der Waals surface area contributed by atoms with E-state index in [4.69, 9.17) is 0 Å². The molecule has 0 saturated carbocycles. The fourth-order valence-electron chi connectivity index (χ4n) is 3.08. The van der Waals surface area contributed by atoms with Crippen LogP contribution < -0.4 is 21.5 Å². The van der Waals surface area contributed by atoms with E-state index >= 15 is 0 Å². The van der Waals surface area contributed by atoms with Gasteiger partial charge in [-0.25, -0.2) is 4.57 Å². The second-order valence-electron chi connectivity index (χ2n) is 7.09. The zero-order valence-corrected chi connectivity index (χ0v) is 18.4. The van der Waals surface area contributed by atoms with Crippen LogP contribution in [0.25, 0.3) is 6.08 Å². The standard InChI is InChI=1S/C24H31NO2.BrH/c1-2-3-4-5-6-7-8-9-17-25-18-15-21(16-19-25)13-14-24(27)22-11-10-12-23(26)20-22;/h10-16,18-20H,2-9,17H2,1H3;1H/b14-13+;. The highest BCUT2D eigenvalue weighted by Gasteiger charge is 2.03. The lowest BCUT2D eigenvalue weighted by Crippen LogP contribution is -3.00. The molecular formula is C24H32BrNO2. The Morgan fingerprint density at radius 3 is 2.25 bits per heavy atom. The van der Waals surface area contributed by atoms with Gasteiger partial charge in [-0.15, -0.1) is 0 Å². The molecule has 1 aromatic heterocycles. The molecule has 0 aliphatic rings. The number of carbonyl (C=O) groups excluding carboxylic acids is 1. The maximum Gasteiger partial charge on any atom is 0.185 e. The summed E-state index contributed by atoms with van der Waals surface area (Å²) < 4.78 is 2.20. The average molecular weight is 446 g/mol. The third-order valence-electron chi connectivity index (χ3n) is 4.74. The van der Waals surface area contributed by atoms with Gasteiger partial charge in [0.25, 0.3) is 0 Å². The fourth-order valence-corrected chi connectivity index (χ4v) is 3.08. The van der Waals surface area contributed by atoms with Crippen LogP contribution in [0.4, 0.5) is 0 Å². The average Bonchev–Trinajstić information content (AvgIpc) is 2.69. The minimum absolute atomic E-state index is 0. The van der Waals surface area contributed by atoms with Crippen LogP contribution in [-0.2, 0) is 6.54 Å². The molecule has 0 fully saturated rings. The van der Waals surface area contributed by atoms with E-state index in [2.05, 4.69) is 23.9 Å². The van der Waals surface area contributed by atoms with Gasteiger partial charge in [-0.1, -0.05) is 63.7 Å². The van der Waals surface area contributed by atoms with Gasteiger partial charge in [0.1, 0.15) is 12.3 Å². The third kappa shape index (κ3) is 9.32. The van der Waals surface area contributed by atoms with Crippen LogP contribution >= 0.6 is 0 Å². The summed E-state index contributed by atoms with van der Waals surface area (Å²) in [6.45, 7) is 3.30. The van der Waals surface area contributed by atoms with E-state index < -0.39 is 0 Å². The number of allylic oxidation sites excluding steroid dienone is 1. The van der Waals surface area contributed by atoms with Crippen LogP contribution in [0.5, 0.6) is 5.75 Å². The van der Waals surface area contributed by atoms with Gasteiger partial charge < -0.3 is 22.1 Å². The summed E-state index contributed by atoms with van der Waals surface area (Å²) in [5.41, 5.74) is 1.49. The lowest BCUT2D eigenvalue weighted by atomic mass is 10.1. The van der Waals surface area contributed by atoms with Crippen LogP contribution in [0.1, 0.15) is 74.2 Å². The summed E-state index contributed by atoms with van der Waals surface area (Å²) in [6, 6.07) is 10.5. The van der Waals surface area contributed by atoms with Gasteiger partial charge in [0.2, 0.25) is 0 Å². The molecule has 0 unspecified atom stereocenters. The number of benzene rings is 1. The minimum atomic E-state index is -0.110. The summed E-state index contributed by atoms with van der Waals surface area (Å²) in [6.07, 6.45) is 18.1. The molecule has 1 heterocycles. The number of pyridine rings is 1. The zero-order valence-electron chi connectivity index (χ0n) is 16.8. The Morgan fingerprint density at radius 1 is 0.964 bits per heavy atom. The van der Waals surface area contributed by atoms with Crippen LogP contribution in [0.2, 0.25) is 0 Å². The zero-order chi connectivity index (χ0) is 19.3. The molecule has 0 bridgehead atoms. The molecule has 1 N–H and O–H groups in total. The maximum absolute atomic E-state index is 12.1. The quantitative estimate of drug-likeness (QED) is 0.236. The topological polar surface area (TPSA) is 41.2 Å². The maximum atomic E-state index is 12.1. The van der Waals surface area contributed by atoms with E-state index in [-0.39, 0.29) is 28.5 Å². The third-order valence-corrected chi connectivity index (χ3v) is 4.74. The summed E-state index contributed by atoms with van der Waals surface area (Å²) >= 11 is 0. The number of rotatable bonds is 12. The van der Waals surface area contributed by atoms with Crippen molar-refractivity contribution in [2.45, 2.75) is 64.8 Å². The van der Waals surface area contributed by atoms with Gasteiger partial charge in [-0.2, -0.15) is 0 Å². The summed E-state index contributed by atoms with van der Waals surface area (Å²) in [4.78, 5) is 12.1. The molecule has 0 atom stereocenters. The number of aryl methyl sites for hydroxylation is 1. The van der Waals surface area contributed by atoms with Crippen LogP contribution in [0.15, 0.2) is 54.9 Å². The van der Waals surface area contributed by atoms with Crippen molar-refractivity contribution in [1.82, 2.24) is 0 Å². The van der Waals surface area contributed by atoms with Crippen LogP contribution in [-0.4, -0.2) is 10.9 Å². The van der Waals surface area contributed by atoms with E-state index in [1.807, 2.05) is 18.2 Å². The number of aromatic nitrogens is 1. The molecule has 0 aliphatic carbocycles. The van der Waals surface area contributed by atoms with Crippen molar-refractivity contribution in [3.63, 3.8) is 0 Å². The van der Waals surface area contributed by atoms with Gasteiger partial charge in [0.05, 0.1) is 0 Å². The van der Waals surface area contributed by atoms with Crippen LogP contribution in [0, 0.1) is 0 Å². The normalized spacial score (nSPS) is 10.8. The number of unbranched alkanes of at least 4 members (excludes halogenated alkanes) is 7. The predicted molar refractivity (Wildman–Crippen MR) is 111 cm³/mol. The van der Waals surface area contributed by atoms with E-state index in [1.54, 1.807) is 24.3 Å². The van der Waals surface area contributed by atoms with Crippen molar-refractivity contribution in [2.75, 3.05) is 0 Å². The molecule has 2 aromatic rings. The molecule has 0 spiro atoms. The van der Waals surface area contributed by atoms with Crippen molar-refractivity contribution >= 4 is 11.9 Å². The van der Waals surface area contributed by atoms with E-state index in [1.165, 1.54) is 57.4 Å². The smallest absolute Gasteiger partial charge is 0.185 e. The Morgan fingerprint density at radius 2 is 1.61 bits per heavy atom. The minimum Gasteiger partial charge on any atom is -1.00 e. The van der Waals surface area contributed by atoms with Crippen molar-refractivity contribution in [3.05, 3.63) is 66.0 Å². The lowest BCUT2D eigenvalue weighted by Gasteiger charge is -2.01. The number of ketones is 1. The Hall–Kier alpha value is -1.94. The number of phenols is 1. The van der Waals surface area contributed by atoms with Gasteiger partial charge in [0, 0.05) is 24.1 Å². The number of carbonyl (C=O) groups is 1. The fraction of sp³-hybridized carbons (Fsp3) is 0.417. The molecule has 3 nitrogen and oxygen atoms in total. The summed E-state index contributed by atoms with van der Waals surface area (Å²) in [7, 11) is 0. The Labute approximate surface area is 179 Å². The van der Waals surface area contributed by atoms with E-state index in [0.717, 1.165) is 12.1 Å². The first-order valence-electron chi connectivity index (χ1n) is 10.2. The number of nitrogens with zero attached hydrogens (tertiary/aromatic N) is 1. The van der Waals surface area contributed by atoms with Gasteiger partial charge in [0.15, 0.2) is 18.2 Å². The molecule has 0 aliphatic heterocycles. The molecule has 0 amide bonds. The van der Waals surface area contributed by atoms with E-state index in [0.29, 0.717) is 5.56 Å². The molecule has 28 heavy (non-hydrogen) atoms. The monoisotopic (exact) mass is 445 g/mol. The highest BCUT2D eigenvalue weighted by Crippen LogP contribution is 2.12. The second-order valence-corrected chi connectivity index (χ2v) is 7.09. The second kappa shape index (κ2) is 14.1. The molecule has 0 saturated heterocycles. The lowest BCUT2D eigenvalue weighted by molar-refractivity contribution is -0.697. The first-order chi connectivity index (χ1) is 13.2. The van der Waals surface area contributed by atoms with Crippen molar-refractivity contribution < 1.29 is 31.4 Å². The number of hydrogen-bond donors (Lipinski definition) is 1.